The molecule has 0 aliphatic carbocycles. The molecule has 4 nitrogen and oxygen atoms in total. The van der Waals surface area contributed by atoms with E-state index in [4.69, 9.17) is 22.1 Å². The second kappa shape index (κ2) is 6.43. The third kappa shape index (κ3) is 2.84. The molecule has 1 rings (SSSR count). The van der Waals surface area contributed by atoms with E-state index in [2.05, 4.69) is 27.0 Å². The van der Waals surface area contributed by atoms with Crippen molar-refractivity contribution in [1.29, 1.82) is 5.26 Å². The van der Waals surface area contributed by atoms with Gasteiger partial charge >= 0.3 is 0 Å². The van der Waals surface area contributed by atoms with Gasteiger partial charge in [0.15, 0.2) is 0 Å². The monoisotopic (exact) mass is 327 g/mol. The van der Waals surface area contributed by atoms with Gasteiger partial charge in [0.05, 0.1) is 17.3 Å². The van der Waals surface area contributed by atoms with Crippen molar-refractivity contribution in [3.05, 3.63) is 39.0 Å². The van der Waals surface area contributed by atoms with Crippen LogP contribution in [0.5, 0.6) is 5.75 Å². The van der Waals surface area contributed by atoms with Gasteiger partial charge in [-0.15, -0.1) is 0 Å². The highest BCUT2D eigenvalue weighted by Crippen LogP contribution is 2.29. The molecule has 0 saturated heterocycles. The van der Waals surface area contributed by atoms with Crippen LogP contribution in [-0.4, -0.2) is 19.9 Å². The highest BCUT2D eigenvalue weighted by atomic mass is 79.9. The summed E-state index contributed by atoms with van der Waals surface area (Å²) in [5.74, 6) is 0.401. The van der Waals surface area contributed by atoms with Crippen LogP contribution in [0.2, 0.25) is 5.02 Å². The number of methoxy groups -OCH3 is 1. The van der Waals surface area contributed by atoms with Gasteiger partial charge in [-0.25, -0.2) is 0 Å². The lowest BCUT2D eigenvalue weighted by Gasteiger charge is -2.11. The number of nitrogens with zero attached hydrogens (tertiary/aromatic N) is 2. The van der Waals surface area contributed by atoms with Crippen molar-refractivity contribution in [2.24, 2.45) is 10.7 Å². The third-order valence-electron chi connectivity index (χ3n) is 2.25. The Labute approximate surface area is 119 Å². The lowest BCUT2D eigenvalue weighted by atomic mass is 10.0. The number of aliphatic imine (C=N–C) groups is 1. The summed E-state index contributed by atoms with van der Waals surface area (Å²) in [5.41, 5.74) is 6.92. The molecule has 2 N–H and O–H groups in total. The first kappa shape index (κ1) is 14.6. The summed E-state index contributed by atoms with van der Waals surface area (Å²) in [6.07, 6.45) is 1.36. The molecule has 0 aromatic heterocycles. The van der Waals surface area contributed by atoms with Gasteiger partial charge in [0.2, 0.25) is 0 Å². The lowest BCUT2D eigenvalue weighted by molar-refractivity contribution is 0.413. The Morgan fingerprint density at radius 2 is 2.28 bits per heavy atom. The van der Waals surface area contributed by atoms with Gasteiger partial charge in [0.25, 0.3) is 0 Å². The first-order valence-electron chi connectivity index (χ1n) is 4.91. The van der Waals surface area contributed by atoms with Gasteiger partial charge in [-0.3, -0.25) is 4.99 Å². The second-order valence-electron chi connectivity index (χ2n) is 3.23. The van der Waals surface area contributed by atoms with Crippen molar-refractivity contribution in [3.63, 3.8) is 0 Å². The molecule has 0 bridgehead atoms. The molecule has 94 valence electrons. The van der Waals surface area contributed by atoms with Crippen molar-refractivity contribution in [2.75, 3.05) is 14.2 Å². The number of allylic oxidation sites excluding steroid dienone is 1. The molecular weight excluding hydrogens is 318 g/mol. The van der Waals surface area contributed by atoms with Crippen molar-refractivity contribution >= 4 is 33.2 Å². The fourth-order valence-electron chi connectivity index (χ4n) is 1.48. The minimum Gasteiger partial charge on any atom is -0.495 e. The van der Waals surface area contributed by atoms with E-state index in [9.17, 15) is 5.26 Å². The molecule has 0 saturated carbocycles. The maximum Gasteiger partial charge on any atom is 0.138 e. The first-order chi connectivity index (χ1) is 8.58. The quantitative estimate of drug-likeness (QED) is 0.867. The molecule has 0 heterocycles. The van der Waals surface area contributed by atoms with Gasteiger partial charge in [-0.2, -0.15) is 5.26 Å². The SMILES string of the molecule is CN=C(C(Br)=CN)c1cc(Cl)cc(OC)c1C#N. The summed E-state index contributed by atoms with van der Waals surface area (Å²) in [5, 5.41) is 9.68. The summed E-state index contributed by atoms with van der Waals surface area (Å²) in [4.78, 5) is 4.11. The lowest BCUT2D eigenvalue weighted by Crippen LogP contribution is -2.07. The van der Waals surface area contributed by atoms with Crippen molar-refractivity contribution in [2.45, 2.75) is 0 Å². The van der Waals surface area contributed by atoms with Gasteiger partial charge in [-0.05, 0) is 22.0 Å². The van der Waals surface area contributed by atoms with E-state index in [0.29, 0.717) is 32.1 Å². The van der Waals surface area contributed by atoms with Crippen LogP contribution in [0.25, 0.3) is 0 Å². The number of halogens is 2. The molecule has 0 unspecified atom stereocenters. The average molecular weight is 329 g/mol. The average Bonchev–Trinajstić information content (AvgIpc) is 2.38. The van der Waals surface area contributed by atoms with E-state index in [-0.39, 0.29) is 0 Å². The Bertz CT molecular complexity index is 561. The molecule has 0 fully saturated rings. The molecule has 0 atom stereocenters. The number of hydrogen-bond donors (Lipinski definition) is 1. The number of benzene rings is 1. The standard InChI is InChI=1S/C12H11BrClN3O/c1-17-12(10(13)6-16)8-3-7(14)4-11(18-2)9(8)5-15/h3-4,6H,16H2,1-2H3. The van der Waals surface area contributed by atoms with E-state index in [1.165, 1.54) is 13.3 Å². The smallest absolute Gasteiger partial charge is 0.138 e. The molecule has 18 heavy (non-hydrogen) atoms. The second-order valence-corrected chi connectivity index (χ2v) is 4.52. The molecule has 0 amide bonds. The molecule has 1 aromatic rings. The Kier molecular flexibility index (Phi) is 5.20. The highest BCUT2D eigenvalue weighted by Gasteiger charge is 2.17. The zero-order valence-corrected chi connectivity index (χ0v) is 12.2. The van der Waals surface area contributed by atoms with Crippen molar-refractivity contribution < 1.29 is 4.74 Å². The molecule has 1 aromatic carbocycles. The fourth-order valence-corrected chi connectivity index (χ4v) is 2.08. The molecule has 0 aliphatic heterocycles. The van der Waals surface area contributed by atoms with Gasteiger partial charge < -0.3 is 10.5 Å². The van der Waals surface area contributed by atoms with Crippen LogP contribution in [0.1, 0.15) is 11.1 Å². The Morgan fingerprint density at radius 3 is 2.72 bits per heavy atom. The number of hydrogen-bond acceptors (Lipinski definition) is 4. The minimum atomic E-state index is 0.362. The Balaban J connectivity index is 3.59. The number of rotatable bonds is 3. The van der Waals surface area contributed by atoms with Crippen LogP contribution >= 0.6 is 27.5 Å². The normalized spacial score (nSPS) is 12.2. The third-order valence-corrected chi connectivity index (χ3v) is 3.11. The van der Waals surface area contributed by atoms with Crippen molar-refractivity contribution in [3.8, 4) is 11.8 Å². The summed E-state index contributed by atoms with van der Waals surface area (Å²) in [6, 6.07) is 5.31. The highest BCUT2D eigenvalue weighted by molar-refractivity contribution is 9.12. The zero-order chi connectivity index (χ0) is 13.7. The predicted molar refractivity (Wildman–Crippen MR) is 76.4 cm³/mol. The van der Waals surface area contributed by atoms with E-state index < -0.39 is 0 Å². The summed E-state index contributed by atoms with van der Waals surface area (Å²) in [6.45, 7) is 0. The molecule has 0 spiro atoms. The van der Waals surface area contributed by atoms with Crippen LogP contribution in [-0.2, 0) is 0 Å². The van der Waals surface area contributed by atoms with E-state index in [1.807, 2.05) is 0 Å². The van der Waals surface area contributed by atoms with Crippen LogP contribution in [0.3, 0.4) is 0 Å². The van der Waals surface area contributed by atoms with Crippen molar-refractivity contribution in [1.82, 2.24) is 0 Å². The van der Waals surface area contributed by atoms with Gasteiger partial charge in [-0.1, -0.05) is 11.6 Å². The summed E-state index contributed by atoms with van der Waals surface area (Å²) < 4.78 is 5.71. The largest absolute Gasteiger partial charge is 0.495 e. The molecule has 0 aliphatic rings. The van der Waals surface area contributed by atoms with E-state index >= 15 is 0 Å². The van der Waals surface area contributed by atoms with Gasteiger partial charge in [0, 0.05) is 29.9 Å². The van der Waals surface area contributed by atoms with E-state index in [1.54, 1.807) is 19.2 Å². The van der Waals surface area contributed by atoms with Gasteiger partial charge in [0.1, 0.15) is 17.4 Å². The Hall–Kier alpha value is -1.51. The Morgan fingerprint density at radius 1 is 1.61 bits per heavy atom. The maximum absolute atomic E-state index is 9.23. The topological polar surface area (TPSA) is 71.4 Å². The summed E-state index contributed by atoms with van der Waals surface area (Å²) in [7, 11) is 3.08. The number of nitrogens with two attached hydrogens (primary N) is 1. The van der Waals surface area contributed by atoms with Crippen LogP contribution in [0.15, 0.2) is 27.8 Å². The zero-order valence-electron chi connectivity index (χ0n) is 9.87. The van der Waals surface area contributed by atoms with E-state index in [0.717, 1.165) is 0 Å². The maximum atomic E-state index is 9.23. The van der Waals surface area contributed by atoms with Crippen LogP contribution in [0.4, 0.5) is 0 Å². The fraction of sp³-hybridized carbons (Fsp3) is 0.167. The molecular formula is C12H11BrClN3O. The molecule has 0 radical (unpaired) electrons. The molecule has 6 heteroatoms. The van der Waals surface area contributed by atoms with Crippen LogP contribution in [0, 0.1) is 11.3 Å². The number of ether oxygens (including phenoxy) is 1. The minimum absolute atomic E-state index is 0.362. The first-order valence-corrected chi connectivity index (χ1v) is 6.08. The van der Waals surface area contributed by atoms with Crippen LogP contribution < -0.4 is 10.5 Å². The number of nitriles is 1. The predicted octanol–water partition coefficient (Wildman–Crippen LogP) is 2.83. The summed E-state index contributed by atoms with van der Waals surface area (Å²) >= 11 is 9.28.